The highest BCUT2D eigenvalue weighted by Gasteiger charge is 2.15. The van der Waals surface area contributed by atoms with Crippen LogP contribution >= 0.6 is 46.3 Å². The fourth-order valence-electron chi connectivity index (χ4n) is 2.07. The third kappa shape index (κ3) is 2.93. The number of fused-ring (bicyclic) bond motifs is 1. The van der Waals surface area contributed by atoms with Gasteiger partial charge in [-0.1, -0.05) is 0 Å². The van der Waals surface area contributed by atoms with Crippen LogP contribution < -0.4 is 0 Å². The predicted octanol–water partition coefficient (Wildman–Crippen LogP) is 5.64. The van der Waals surface area contributed by atoms with E-state index in [9.17, 15) is 8.78 Å². The van der Waals surface area contributed by atoms with Gasteiger partial charge in [-0.2, -0.15) is 0 Å². The molecule has 0 radical (unpaired) electrons. The predicted molar refractivity (Wildman–Crippen MR) is 92.6 cm³/mol. The molecule has 0 spiro atoms. The SMILES string of the molecule is FC(F)c1cc(-c2cn(SI)c3ncc(Br)cc23)ccn1. The van der Waals surface area contributed by atoms with Crippen molar-refractivity contribution in [2.24, 2.45) is 0 Å². The third-order valence-electron chi connectivity index (χ3n) is 2.97. The van der Waals surface area contributed by atoms with Gasteiger partial charge in [0, 0.05) is 64.3 Å². The average Bonchev–Trinajstić information content (AvgIpc) is 2.85. The number of nitrogens with zero attached hydrogens (tertiary/aromatic N) is 3. The lowest BCUT2D eigenvalue weighted by Crippen LogP contribution is -1.89. The first-order valence-corrected chi connectivity index (χ1v) is 9.91. The summed E-state index contributed by atoms with van der Waals surface area (Å²) in [7, 11) is 1.48. The lowest BCUT2D eigenvalue weighted by atomic mass is 10.1. The molecule has 0 fully saturated rings. The first-order valence-electron chi connectivity index (χ1n) is 5.80. The van der Waals surface area contributed by atoms with Crippen molar-refractivity contribution in [2.45, 2.75) is 6.43 Å². The van der Waals surface area contributed by atoms with Gasteiger partial charge in [0.25, 0.3) is 6.43 Å². The Kier molecular flexibility index (Phi) is 4.46. The van der Waals surface area contributed by atoms with Gasteiger partial charge >= 0.3 is 0 Å². The van der Waals surface area contributed by atoms with Crippen LogP contribution in [0.5, 0.6) is 0 Å². The van der Waals surface area contributed by atoms with E-state index in [2.05, 4.69) is 47.1 Å². The molecule has 3 rings (SSSR count). The van der Waals surface area contributed by atoms with Gasteiger partial charge in [0.05, 0.1) is 0 Å². The molecule has 0 atom stereocenters. The monoisotopic (exact) mass is 481 g/mol. The van der Waals surface area contributed by atoms with E-state index in [1.807, 2.05) is 16.2 Å². The summed E-state index contributed by atoms with van der Waals surface area (Å²) < 4.78 is 28.4. The van der Waals surface area contributed by atoms with Crippen LogP contribution in [0.4, 0.5) is 8.78 Å². The fourth-order valence-corrected chi connectivity index (χ4v) is 3.66. The van der Waals surface area contributed by atoms with Gasteiger partial charge in [0.1, 0.15) is 5.69 Å². The Balaban J connectivity index is 2.24. The molecule has 8 heteroatoms. The summed E-state index contributed by atoms with van der Waals surface area (Å²) in [6.45, 7) is 0. The third-order valence-corrected chi connectivity index (χ3v) is 5.10. The van der Waals surface area contributed by atoms with E-state index in [0.29, 0.717) is 5.56 Å². The molecule has 0 saturated carbocycles. The number of pyridine rings is 2. The Labute approximate surface area is 144 Å². The highest BCUT2D eigenvalue weighted by molar-refractivity contribution is 14.2. The molecule has 0 amide bonds. The maximum absolute atomic E-state index is 12.8. The summed E-state index contributed by atoms with van der Waals surface area (Å²) in [6.07, 6.45) is 2.43. The standard InChI is InChI=1S/C13H7BrF2IN3S/c14-8-4-9-10(6-20(21-17)13(9)19-5-8)7-1-2-18-11(3-7)12(15)16/h1-6,12H. The van der Waals surface area contributed by atoms with Crippen molar-refractivity contribution in [3.63, 3.8) is 0 Å². The lowest BCUT2D eigenvalue weighted by molar-refractivity contribution is 0.146. The quantitative estimate of drug-likeness (QED) is 0.453. The highest BCUT2D eigenvalue weighted by Crippen LogP contribution is 2.35. The number of hydrogen-bond acceptors (Lipinski definition) is 3. The zero-order valence-electron chi connectivity index (χ0n) is 10.3. The van der Waals surface area contributed by atoms with Crippen LogP contribution in [0.2, 0.25) is 0 Å². The topological polar surface area (TPSA) is 30.7 Å². The highest BCUT2D eigenvalue weighted by atomic mass is 127. The second kappa shape index (κ2) is 6.17. The maximum atomic E-state index is 12.8. The number of hydrogen-bond donors (Lipinski definition) is 0. The molecular weight excluding hydrogens is 475 g/mol. The van der Waals surface area contributed by atoms with Crippen molar-refractivity contribution in [3.8, 4) is 11.1 Å². The van der Waals surface area contributed by atoms with Crippen LogP contribution in [0.25, 0.3) is 22.2 Å². The molecule has 0 unspecified atom stereocenters. The Morgan fingerprint density at radius 3 is 2.81 bits per heavy atom. The van der Waals surface area contributed by atoms with E-state index in [1.54, 1.807) is 12.3 Å². The molecule has 0 aliphatic heterocycles. The minimum atomic E-state index is -2.58. The van der Waals surface area contributed by atoms with Crippen molar-refractivity contribution >= 4 is 57.3 Å². The van der Waals surface area contributed by atoms with Gasteiger partial charge in [-0.15, -0.1) is 0 Å². The lowest BCUT2D eigenvalue weighted by Gasteiger charge is -2.03. The molecule has 0 bridgehead atoms. The summed E-state index contributed by atoms with van der Waals surface area (Å²) in [4.78, 5) is 8.08. The first-order chi connectivity index (χ1) is 10.1. The fraction of sp³-hybridized carbons (Fsp3) is 0.0769. The second-order valence-electron chi connectivity index (χ2n) is 4.23. The molecular formula is C13H7BrF2IN3S. The van der Waals surface area contributed by atoms with E-state index >= 15 is 0 Å². The normalized spacial score (nSPS) is 11.5. The second-order valence-corrected chi connectivity index (χ2v) is 6.86. The number of rotatable bonds is 3. The minimum Gasteiger partial charge on any atom is -0.265 e. The minimum absolute atomic E-state index is 0.224. The Hall–Kier alpha value is -0.740. The molecule has 0 saturated heterocycles. The maximum Gasteiger partial charge on any atom is 0.280 e. The van der Waals surface area contributed by atoms with Gasteiger partial charge < -0.3 is 0 Å². The molecule has 21 heavy (non-hydrogen) atoms. The Morgan fingerprint density at radius 2 is 2.10 bits per heavy atom. The van der Waals surface area contributed by atoms with Gasteiger partial charge in [0.15, 0.2) is 5.65 Å². The molecule has 0 aromatic carbocycles. The van der Waals surface area contributed by atoms with Crippen LogP contribution in [0.1, 0.15) is 12.1 Å². The van der Waals surface area contributed by atoms with Gasteiger partial charge in [-0.05, 0) is 39.7 Å². The van der Waals surface area contributed by atoms with Crippen molar-refractivity contribution < 1.29 is 8.78 Å². The Bertz CT molecular complexity index is 809. The van der Waals surface area contributed by atoms with E-state index < -0.39 is 6.43 Å². The largest absolute Gasteiger partial charge is 0.280 e. The molecule has 0 aliphatic carbocycles. The molecule has 3 nitrogen and oxygen atoms in total. The summed E-state index contributed by atoms with van der Waals surface area (Å²) in [5, 5.41) is 0.903. The summed E-state index contributed by atoms with van der Waals surface area (Å²) in [5.41, 5.74) is 2.13. The number of alkyl halides is 2. The smallest absolute Gasteiger partial charge is 0.265 e. The van der Waals surface area contributed by atoms with E-state index in [1.165, 1.54) is 21.4 Å². The van der Waals surface area contributed by atoms with Crippen molar-refractivity contribution in [2.75, 3.05) is 0 Å². The van der Waals surface area contributed by atoms with E-state index in [4.69, 9.17) is 0 Å². The van der Waals surface area contributed by atoms with Crippen molar-refractivity contribution in [1.82, 2.24) is 13.9 Å². The molecule has 3 heterocycles. The number of halogens is 4. The van der Waals surface area contributed by atoms with E-state index in [-0.39, 0.29) is 5.69 Å². The van der Waals surface area contributed by atoms with Crippen LogP contribution in [-0.2, 0) is 0 Å². The number of aromatic nitrogens is 3. The molecule has 108 valence electrons. The van der Waals surface area contributed by atoms with E-state index in [0.717, 1.165) is 21.1 Å². The summed E-state index contributed by atoms with van der Waals surface area (Å²) >= 11 is 5.55. The zero-order valence-corrected chi connectivity index (χ0v) is 14.9. The van der Waals surface area contributed by atoms with Crippen LogP contribution in [0.3, 0.4) is 0 Å². The van der Waals surface area contributed by atoms with Gasteiger partial charge in [-0.3, -0.25) is 8.96 Å². The van der Waals surface area contributed by atoms with Crippen molar-refractivity contribution in [1.29, 1.82) is 0 Å². The average molecular weight is 482 g/mol. The molecule has 3 aromatic rings. The van der Waals surface area contributed by atoms with Crippen LogP contribution in [0, 0.1) is 0 Å². The Morgan fingerprint density at radius 1 is 1.29 bits per heavy atom. The van der Waals surface area contributed by atoms with Crippen molar-refractivity contribution in [3.05, 3.63) is 47.0 Å². The first kappa shape index (κ1) is 15.2. The molecule has 0 N–H and O–H groups in total. The molecule has 0 aliphatic rings. The molecule has 3 aromatic heterocycles. The van der Waals surface area contributed by atoms with Crippen LogP contribution in [0.15, 0.2) is 41.3 Å². The van der Waals surface area contributed by atoms with Crippen LogP contribution in [-0.4, -0.2) is 13.9 Å². The van der Waals surface area contributed by atoms with Gasteiger partial charge in [0.2, 0.25) is 0 Å². The summed E-state index contributed by atoms with van der Waals surface area (Å²) in [6, 6.07) is 5.08. The van der Waals surface area contributed by atoms with Gasteiger partial charge in [-0.25, -0.2) is 13.8 Å². The zero-order chi connectivity index (χ0) is 15.0. The summed E-state index contributed by atoms with van der Waals surface area (Å²) in [5.74, 6) is 0.